The molecule has 2 amide bonds. The molecule has 0 atom stereocenters. The molecule has 134 valence electrons. The van der Waals surface area contributed by atoms with Gasteiger partial charge < -0.3 is 15.1 Å². The van der Waals surface area contributed by atoms with Crippen LogP contribution < -0.4 is 10.2 Å². The molecule has 5 heteroatoms. The quantitative estimate of drug-likeness (QED) is 0.742. The highest BCUT2D eigenvalue weighted by Crippen LogP contribution is 2.23. The second-order valence-corrected chi connectivity index (χ2v) is 6.81. The van der Waals surface area contributed by atoms with Gasteiger partial charge in [0.15, 0.2) is 0 Å². The van der Waals surface area contributed by atoms with E-state index in [1.807, 2.05) is 57.1 Å². The van der Waals surface area contributed by atoms with Gasteiger partial charge in [-0.1, -0.05) is 13.8 Å². The average Bonchev–Trinajstić information content (AvgIpc) is 2.54. The molecular formula is C19H31N3O2. The van der Waals surface area contributed by atoms with Crippen molar-refractivity contribution in [3.8, 4) is 0 Å². The van der Waals surface area contributed by atoms with Crippen LogP contribution in [0, 0.1) is 5.41 Å². The van der Waals surface area contributed by atoms with Gasteiger partial charge >= 0.3 is 0 Å². The number of hydrogen-bond acceptors (Lipinski definition) is 3. The number of benzene rings is 1. The smallest absolute Gasteiger partial charge is 0.239 e. The third kappa shape index (κ3) is 4.98. The Bertz CT molecular complexity index is 544. The van der Waals surface area contributed by atoms with E-state index < -0.39 is 5.41 Å². The molecule has 0 spiro atoms. The van der Waals surface area contributed by atoms with Crippen molar-refractivity contribution in [2.24, 2.45) is 5.41 Å². The lowest BCUT2D eigenvalue weighted by Gasteiger charge is -2.30. The van der Waals surface area contributed by atoms with Crippen molar-refractivity contribution >= 4 is 23.2 Å². The molecule has 0 radical (unpaired) electrons. The molecule has 1 aromatic carbocycles. The molecule has 0 aliphatic rings. The fourth-order valence-electron chi connectivity index (χ4n) is 2.48. The summed E-state index contributed by atoms with van der Waals surface area (Å²) in [7, 11) is 3.93. The van der Waals surface area contributed by atoms with E-state index in [0.29, 0.717) is 18.8 Å². The molecule has 0 saturated heterocycles. The molecule has 0 aliphatic carbocycles. The van der Waals surface area contributed by atoms with Crippen molar-refractivity contribution in [2.75, 3.05) is 37.4 Å². The summed E-state index contributed by atoms with van der Waals surface area (Å²) in [6.07, 6.45) is 1.77. The van der Waals surface area contributed by atoms with Crippen molar-refractivity contribution in [1.29, 1.82) is 0 Å². The first kappa shape index (κ1) is 20.0. The van der Waals surface area contributed by atoms with Crippen LogP contribution in [0.5, 0.6) is 0 Å². The van der Waals surface area contributed by atoms with Gasteiger partial charge in [-0.2, -0.15) is 0 Å². The molecule has 24 heavy (non-hydrogen) atoms. The average molecular weight is 333 g/mol. The molecule has 1 aromatic rings. The lowest BCUT2D eigenvalue weighted by molar-refractivity contribution is -0.146. The van der Waals surface area contributed by atoms with Crippen molar-refractivity contribution < 1.29 is 9.59 Å². The topological polar surface area (TPSA) is 52.7 Å². The lowest BCUT2D eigenvalue weighted by Crippen LogP contribution is -2.47. The second kappa shape index (κ2) is 8.71. The van der Waals surface area contributed by atoms with Crippen LogP contribution in [-0.2, 0) is 9.59 Å². The Labute approximate surface area is 146 Å². The molecule has 0 fully saturated rings. The molecular weight excluding hydrogens is 302 g/mol. The number of amides is 2. The first-order valence-electron chi connectivity index (χ1n) is 8.62. The van der Waals surface area contributed by atoms with Gasteiger partial charge in [0.05, 0.1) is 0 Å². The van der Waals surface area contributed by atoms with E-state index >= 15 is 0 Å². The molecule has 0 bridgehead atoms. The Kier molecular flexibility index (Phi) is 7.26. The normalized spacial score (nSPS) is 11.1. The second-order valence-electron chi connectivity index (χ2n) is 6.81. The predicted molar refractivity (Wildman–Crippen MR) is 100 cm³/mol. The van der Waals surface area contributed by atoms with Crippen LogP contribution in [0.2, 0.25) is 0 Å². The number of carbonyl (C=O) groups excluding carboxylic acids is 2. The summed E-state index contributed by atoms with van der Waals surface area (Å²) in [5.41, 5.74) is 0.661. The zero-order chi connectivity index (χ0) is 18.3. The Morgan fingerprint density at radius 1 is 1.00 bits per heavy atom. The van der Waals surface area contributed by atoms with Gasteiger partial charge in [-0.25, -0.2) is 0 Å². The summed E-state index contributed by atoms with van der Waals surface area (Å²) in [6.45, 7) is 8.82. The zero-order valence-electron chi connectivity index (χ0n) is 15.8. The van der Waals surface area contributed by atoms with Crippen LogP contribution in [-0.4, -0.2) is 43.9 Å². The lowest BCUT2D eigenvalue weighted by atomic mass is 9.90. The standard InChI is InChI=1S/C19H31N3O2/c1-7-13-22(14-8-2)18(24)19(3,4)17(23)20-15-9-11-16(12-10-15)21(5)6/h9-12H,7-8,13-14H2,1-6H3,(H,20,23). The molecule has 0 aromatic heterocycles. The highest BCUT2D eigenvalue weighted by atomic mass is 16.2. The van der Waals surface area contributed by atoms with Gasteiger partial charge in [-0.3, -0.25) is 9.59 Å². The molecule has 1 N–H and O–H groups in total. The maximum atomic E-state index is 12.8. The number of anilines is 2. The molecule has 0 saturated carbocycles. The number of nitrogens with one attached hydrogen (secondary N) is 1. The maximum absolute atomic E-state index is 12.8. The largest absolute Gasteiger partial charge is 0.378 e. The van der Waals surface area contributed by atoms with Crippen LogP contribution in [0.15, 0.2) is 24.3 Å². The molecule has 0 aliphatic heterocycles. The van der Waals surface area contributed by atoms with Crippen LogP contribution in [0.1, 0.15) is 40.5 Å². The van der Waals surface area contributed by atoms with E-state index in [1.165, 1.54) is 0 Å². The Morgan fingerprint density at radius 2 is 1.50 bits per heavy atom. The van der Waals surface area contributed by atoms with E-state index in [9.17, 15) is 9.59 Å². The first-order valence-corrected chi connectivity index (χ1v) is 8.62. The van der Waals surface area contributed by atoms with E-state index in [2.05, 4.69) is 5.32 Å². The van der Waals surface area contributed by atoms with Crippen molar-refractivity contribution in [2.45, 2.75) is 40.5 Å². The maximum Gasteiger partial charge on any atom is 0.239 e. The number of rotatable bonds is 8. The Hall–Kier alpha value is -2.04. The van der Waals surface area contributed by atoms with E-state index in [0.717, 1.165) is 18.5 Å². The molecule has 0 unspecified atom stereocenters. The monoisotopic (exact) mass is 333 g/mol. The van der Waals surface area contributed by atoms with E-state index in [1.54, 1.807) is 18.7 Å². The highest BCUT2D eigenvalue weighted by Gasteiger charge is 2.38. The highest BCUT2D eigenvalue weighted by molar-refractivity contribution is 6.09. The van der Waals surface area contributed by atoms with Crippen molar-refractivity contribution in [3.05, 3.63) is 24.3 Å². The third-order valence-electron chi connectivity index (χ3n) is 4.02. The molecule has 5 nitrogen and oxygen atoms in total. The summed E-state index contributed by atoms with van der Waals surface area (Å²) in [4.78, 5) is 29.2. The van der Waals surface area contributed by atoms with Gasteiger partial charge in [0.2, 0.25) is 11.8 Å². The minimum absolute atomic E-state index is 0.117. The van der Waals surface area contributed by atoms with Crippen molar-refractivity contribution in [1.82, 2.24) is 4.90 Å². The van der Waals surface area contributed by atoms with Crippen molar-refractivity contribution in [3.63, 3.8) is 0 Å². The number of nitrogens with zero attached hydrogens (tertiary/aromatic N) is 2. The van der Waals surface area contributed by atoms with Crippen LogP contribution in [0.25, 0.3) is 0 Å². The Morgan fingerprint density at radius 3 is 1.92 bits per heavy atom. The third-order valence-corrected chi connectivity index (χ3v) is 4.02. The summed E-state index contributed by atoms with van der Waals surface area (Å²) in [5, 5.41) is 2.86. The fraction of sp³-hybridized carbons (Fsp3) is 0.579. The zero-order valence-corrected chi connectivity index (χ0v) is 15.8. The van der Waals surface area contributed by atoms with Gasteiger partial charge in [0, 0.05) is 38.6 Å². The van der Waals surface area contributed by atoms with Gasteiger partial charge in [0.1, 0.15) is 5.41 Å². The fourth-order valence-corrected chi connectivity index (χ4v) is 2.48. The minimum atomic E-state index is -1.09. The van der Waals surface area contributed by atoms with Crippen LogP contribution in [0.3, 0.4) is 0 Å². The van der Waals surface area contributed by atoms with E-state index in [4.69, 9.17) is 0 Å². The van der Waals surface area contributed by atoms with Gasteiger partial charge in [0.25, 0.3) is 0 Å². The van der Waals surface area contributed by atoms with Crippen LogP contribution in [0.4, 0.5) is 11.4 Å². The van der Waals surface area contributed by atoms with Crippen LogP contribution >= 0.6 is 0 Å². The Balaban J connectivity index is 2.84. The SMILES string of the molecule is CCCN(CCC)C(=O)C(C)(C)C(=O)Nc1ccc(N(C)C)cc1. The summed E-state index contributed by atoms with van der Waals surface area (Å²) in [6, 6.07) is 7.57. The summed E-state index contributed by atoms with van der Waals surface area (Å²) < 4.78 is 0. The van der Waals surface area contributed by atoms with Gasteiger partial charge in [-0.15, -0.1) is 0 Å². The van der Waals surface area contributed by atoms with E-state index in [-0.39, 0.29) is 11.8 Å². The number of carbonyl (C=O) groups is 2. The molecule has 1 rings (SSSR count). The summed E-state index contributed by atoms with van der Waals surface area (Å²) >= 11 is 0. The number of hydrogen-bond donors (Lipinski definition) is 1. The van der Waals surface area contributed by atoms with Gasteiger partial charge in [-0.05, 0) is 51.0 Å². The minimum Gasteiger partial charge on any atom is -0.378 e. The molecule has 0 heterocycles. The predicted octanol–water partition coefficient (Wildman–Crippen LogP) is 3.37. The first-order chi connectivity index (χ1) is 11.2. The summed E-state index contributed by atoms with van der Waals surface area (Å²) in [5.74, 6) is -0.393.